The first-order chi connectivity index (χ1) is 35.6. The van der Waals surface area contributed by atoms with E-state index >= 15 is 0 Å². The summed E-state index contributed by atoms with van der Waals surface area (Å²) in [6, 6.07) is 0. The molecule has 0 radical (unpaired) electrons. The van der Waals surface area contributed by atoms with Crippen LogP contribution in [0.5, 0.6) is 0 Å². The molecule has 0 heterocycles. The first kappa shape index (κ1) is 70.2. The Bertz CT molecular complexity index is 1340. The molecule has 2 unspecified atom stereocenters. The van der Waals surface area contributed by atoms with Gasteiger partial charge in [0.1, 0.15) is 13.2 Å². The maximum absolute atomic E-state index is 12.9. The van der Waals surface area contributed by atoms with Crippen LogP contribution in [0.25, 0.3) is 0 Å². The molecule has 0 fully saturated rings. The van der Waals surface area contributed by atoms with Gasteiger partial charge in [0, 0.05) is 12.8 Å². The van der Waals surface area contributed by atoms with Crippen LogP contribution in [0.3, 0.4) is 0 Å². The van der Waals surface area contributed by atoms with Crippen molar-refractivity contribution in [1.29, 1.82) is 0 Å². The van der Waals surface area contributed by atoms with Crippen LogP contribution < -0.4 is 0 Å². The van der Waals surface area contributed by atoms with Gasteiger partial charge in [-0.3, -0.25) is 9.59 Å². The van der Waals surface area contributed by atoms with Gasteiger partial charge in [-0.15, -0.1) is 0 Å². The first-order valence-corrected chi connectivity index (χ1v) is 30.8. The van der Waals surface area contributed by atoms with Gasteiger partial charge >= 0.3 is 17.9 Å². The van der Waals surface area contributed by atoms with Gasteiger partial charge in [-0.25, -0.2) is 4.79 Å². The number of rotatable bonds is 57. The summed E-state index contributed by atoms with van der Waals surface area (Å²) in [5.74, 6) is -2.01. The van der Waals surface area contributed by atoms with Gasteiger partial charge in [-0.05, 0) is 70.6 Å². The van der Waals surface area contributed by atoms with E-state index in [1.54, 1.807) is 0 Å². The zero-order chi connectivity index (χ0) is 53.4. The standard InChI is InChI=1S/C64H117NO8/c1-6-8-10-12-14-16-18-20-21-22-23-24-25-26-27-28-29-30-31-32-33-34-35-36-37-38-39-40-41-43-45-47-49-51-53-55-62(67)73-60(59-72-64(63(68)69)70-57-56-65(3,4)5)58-71-61(66)54-52-50-48-46-44-42-19-17-15-13-11-9-7-2/h11,13,17-20,22-23,60,64H,6-10,12,14-16,21,24-59H2,1-5H3/p+1/b13-11-,19-17-,20-18-,23-22-. The van der Waals surface area contributed by atoms with Gasteiger partial charge < -0.3 is 28.5 Å². The predicted molar refractivity (Wildman–Crippen MR) is 309 cm³/mol. The Morgan fingerprint density at radius 1 is 0.411 bits per heavy atom. The Balaban J connectivity index is 4.00. The fourth-order valence-corrected chi connectivity index (χ4v) is 8.79. The summed E-state index contributed by atoms with van der Waals surface area (Å²) in [5, 5.41) is 9.69. The lowest BCUT2D eigenvalue weighted by atomic mass is 10.0. The topological polar surface area (TPSA) is 108 Å². The quantitative estimate of drug-likeness (QED) is 0.0211. The van der Waals surface area contributed by atoms with Crippen LogP contribution in [0.2, 0.25) is 0 Å². The van der Waals surface area contributed by atoms with Gasteiger partial charge in [-0.2, -0.15) is 0 Å². The number of ether oxygens (including phenoxy) is 4. The second-order valence-electron chi connectivity index (χ2n) is 22.0. The third kappa shape index (κ3) is 56.8. The average Bonchev–Trinajstić information content (AvgIpc) is 3.36. The van der Waals surface area contributed by atoms with Crippen LogP contribution >= 0.6 is 0 Å². The molecule has 0 aliphatic rings. The molecule has 0 aromatic rings. The van der Waals surface area contributed by atoms with E-state index in [0.29, 0.717) is 11.0 Å². The zero-order valence-electron chi connectivity index (χ0n) is 48.6. The molecule has 9 heteroatoms. The van der Waals surface area contributed by atoms with Crippen LogP contribution in [0.4, 0.5) is 0 Å². The van der Waals surface area contributed by atoms with Crippen molar-refractivity contribution in [3.05, 3.63) is 48.6 Å². The number of hydrogen-bond acceptors (Lipinski definition) is 7. The van der Waals surface area contributed by atoms with Crippen LogP contribution in [-0.2, 0) is 33.3 Å². The lowest BCUT2D eigenvalue weighted by Gasteiger charge is -2.25. The third-order valence-electron chi connectivity index (χ3n) is 13.5. The number of allylic oxidation sites excluding steroid dienone is 8. The van der Waals surface area contributed by atoms with Gasteiger partial charge in [-0.1, -0.05) is 249 Å². The molecule has 0 aromatic carbocycles. The van der Waals surface area contributed by atoms with Crippen molar-refractivity contribution in [2.75, 3.05) is 47.5 Å². The summed E-state index contributed by atoms with van der Waals surface area (Å²) in [5.41, 5.74) is 0. The molecular weight excluding hydrogens is 911 g/mol. The lowest BCUT2D eigenvalue weighted by molar-refractivity contribution is -0.870. The summed E-state index contributed by atoms with van der Waals surface area (Å²) in [6.45, 7) is 4.81. The first-order valence-electron chi connectivity index (χ1n) is 30.8. The molecule has 0 spiro atoms. The maximum atomic E-state index is 12.9. The smallest absolute Gasteiger partial charge is 0.361 e. The van der Waals surface area contributed by atoms with Crippen molar-refractivity contribution >= 4 is 17.9 Å². The molecule has 0 saturated carbocycles. The fraction of sp³-hybridized carbons (Fsp3) is 0.828. The molecule has 0 aliphatic heterocycles. The van der Waals surface area contributed by atoms with Gasteiger partial charge in [0.25, 0.3) is 6.29 Å². The minimum Gasteiger partial charge on any atom is -0.477 e. The summed E-state index contributed by atoms with van der Waals surface area (Å²) < 4.78 is 22.8. The summed E-state index contributed by atoms with van der Waals surface area (Å²) in [7, 11) is 5.97. The maximum Gasteiger partial charge on any atom is 0.361 e. The van der Waals surface area contributed by atoms with Crippen molar-refractivity contribution < 1.29 is 42.9 Å². The largest absolute Gasteiger partial charge is 0.477 e. The van der Waals surface area contributed by atoms with Crippen molar-refractivity contribution in [2.45, 2.75) is 296 Å². The number of carboxylic acids is 1. The van der Waals surface area contributed by atoms with E-state index in [2.05, 4.69) is 62.5 Å². The highest BCUT2D eigenvalue weighted by Crippen LogP contribution is 2.17. The second-order valence-corrected chi connectivity index (χ2v) is 22.0. The number of nitrogens with zero attached hydrogens (tertiary/aromatic N) is 1. The number of likely N-dealkylation sites (N-methyl/N-ethyl adjacent to an activating group) is 1. The van der Waals surface area contributed by atoms with Crippen molar-refractivity contribution in [3.63, 3.8) is 0 Å². The Labute approximate surface area is 451 Å². The highest BCUT2D eigenvalue weighted by atomic mass is 16.7. The van der Waals surface area contributed by atoms with Gasteiger partial charge in [0.15, 0.2) is 6.10 Å². The van der Waals surface area contributed by atoms with Gasteiger partial charge in [0.2, 0.25) is 0 Å². The molecule has 0 aromatic heterocycles. The number of quaternary nitrogens is 1. The predicted octanol–water partition coefficient (Wildman–Crippen LogP) is 18.2. The number of unbranched alkanes of at least 4 members (excludes halogenated alkanes) is 34. The minimum atomic E-state index is -1.51. The molecule has 0 bridgehead atoms. The Kier molecular flexibility index (Phi) is 53.4. The molecule has 1 N–H and O–H groups in total. The Morgan fingerprint density at radius 3 is 1.14 bits per heavy atom. The summed E-state index contributed by atoms with van der Waals surface area (Å²) in [4.78, 5) is 37.3. The van der Waals surface area contributed by atoms with Crippen LogP contribution in [-0.4, -0.2) is 87.4 Å². The number of carbonyl (C=O) groups excluding carboxylic acids is 2. The SMILES string of the molecule is CCC/C=C\C/C=C\CCCCCCCC(=O)OCC(COC(OCC[N+](C)(C)C)C(=O)O)OC(=O)CCCCCCCCCCCCCCCCCCCCCCCCC/C=C\C/C=C\CCCCCCC. The zero-order valence-corrected chi connectivity index (χ0v) is 48.6. The number of carbonyl (C=O) groups is 3. The minimum absolute atomic E-state index is 0.186. The van der Waals surface area contributed by atoms with Crippen molar-refractivity contribution in [3.8, 4) is 0 Å². The lowest BCUT2D eigenvalue weighted by Crippen LogP contribution is -2.40. The fourth-order valence-electron chi connectivity index (χ4n) is 8.79. The molecule has 9 nitrogen and oxygen atoms in total. The number of carboxylic acid groups (broad SMARTS) is 1. The molecule has 0 saturated heterocycles. The second kappa shape index (κ2) is 55.5. The highest BCUT2D eigenvalue weighted by Gasteiger charge is 2.25. The molecular formula is C64H118NO8+. The highest BCUT2D eigenvalue weighted by molar-refractivity contribution is 5.71. The van der Waals surface area contributed by atoms with E-state index in [0.717, 1.165) is 77.0 Å². The summed E-state index contributed by atoms with van der Waals surface area (Å²) in [6.07, 6.45) is 66.5. The molecule has 0 aliphatic carbocycles. The average molecular weight is 1030 g/mol. The Hall–Kier alpha value is -2.75. The van der Waals surface area contributed by atoms with E-state index in [1.807, 2.05) is 21.1 Å². The summed E-state index contributed by atoms with van der Waals surface area (Å²) >= 11 is 0. The van der Waals surface area contributed by atoms with Crippen LogP contribution in [0, 0.1) is 0 Å². The van der Waals surface area contributed by atoms with Crippen molar-refractivity contribution in [2.24, 2.45) is 0 Å². The monoisotopic (exact) mass is 1030 g/mol. The molecule has 426 valence electrons. The Morgan fingerprint density at radius 2 is 0.767 bits per heavy atom. The number of hydrogen-bond donors (Lipinski definition) is 1. The molecule has 0 rings (SSSR count). The van der Waals surface area contributed by atoms with Crippen LogP contribution in [0.15, 0.2) is 48.6 Å². The van der Waals surface area contributed by atoms with Crippen molar-refractivity contribution in [1.82, 2.24) is 0 Å². The normalized spacial score (nSPS) is 13.1. The van der Waals surface area contributed by atoms with E-state index in [-0.39, 0.29) is 38.6 Å². The van der Waals surface area contributed by atoms with E-state index in [1.165, 1.54) is 180 Å². The van der Waals surface area contributed by atoms with Crippen LogP contribution in [0.1, 0.15) is 284 Å². The third-order valence-corrected chi connectivity index (χ3v) is 13.5. The van der Waals surface area contributed by atoms with E-state index < -0.39 is 24.3 Å². The number of esters is 2. The van der Waals surface area contributed by atoms with Gasteiger partial charge in [0.05, 0.1) is 34.4 Å². The van der Waals surface area contributed by atoms with E-state index in [4.69, 9.17) is 18.9 Å². The van der Waals surface area contributed by atoms with E-state index in [9.17, 15) is 19.5 Å². The molecule has 2 atom stereocenters. The molecule has 73 heavy (non-hydrogen) atoms. The molecule has 0 amide bonds. The number of aliphatic carboxylic acids is 1.